The fourth-order valence-corrected chi connectivity index (χ4v) is 77.5. The highest BCUT2D eigenvalue weighted by molar-refractivity contribution is 7.98. The van der Waals surface area contributed by atoms with E-state index in [0.29, 0.717) is 0 Å². The molecule has 0 bridgehead atoms. The van der Waals surface area contributed by atoms with Crippen molar-refractivity contribution in [3.8, 4) is 0 Å². The summed E-state index contributed by atoms with van der Waals surface area (Å²) in [5.74, 6) is 0. The van der Waals surface area contributed by atoms with Crippen LogP contribution in [-0.4, -0.2) is 33.5 Å². The smallest absolute Gasteiger partial charge is 0.190 e. The molecule has 0 radical (unpaired) electrons. The van der Waals surface area contributed by atoms with Gasteiger partial charge >= 0.3 is 0 Å². The van der Waals surface area contributed by atoms with Crippen LogP contribution >= 0.6 is 22.2 Å². The standard InChI is InChI=1S/C9H24Cl2OSi4/c1-9(2)12-13(3,4)14(5,6)16(8,11)15(9,7)10/h1-8H3. The molecular formula is C9H24Cl2OSi4. The highest BCUT2D eigenvalue weighted by atomic mass is 35.6. The zero-order valence-corrected chi connectivity index (χ0v) is 17.2. The maximum atomic E-state index is 7.11. The first-order chi connectivity index (χ1) is 6.71. The minimum Gasteiger partial charge on any atom is -0.417 e. The molecule has 16 heavy (non-hydrogen) atoms. The van der Waals surface area contributed by atoms with Crippen LogP contribution in [0.3, 0.4) is 0 Å². The lowest BCUT2D eigenvalue weighted by Gasteiger charge is -2.62. The molecule has 1 nitrogen and oxygen atoms in total. The van der Waals surface area contributed by atoms with Gasteiger partial charge in [0.25, 0.3) is 0 Å². The Morgan fingerprint density at radius 3 is 1.62 bits per heavy atom. The normalized spacial score (nSPS) is 45.4. The third-order valence-electron chi connectivity index (χ3n) is 5.20. The zero-order chi connectivity index (χ0) is 13.2. The Labute approximate surface area is 113 Å². The van der Waals surface area contributed by atoms with Gasteiger partial charge in [0.05, 0.1) is 12.3 Å². The summed E-state index contributed by atoms with van der Waals surface area (Å²) in [6.07, 6.45) is -1.86. The molecule has 0 aromatic carbocycles. The van der Waals surface area contributed by atoms with Gasteiger partial charge in [-0.15, -0.1) is 0 Å². The van der Waals surface area contributed by atoms with Gasteiger partial charge < -0.3 is 4.43 Å². The molecule has 0 saturated carbocycles. The lowest BCUT2D eigenvalue weighted by atomic mass is 10.5. The fourth-order valence-electron chi connectivity index (χ4n) is 2.58. The average Bonchev–Trinajstić information content (AvgIpc) is 1.98. The average molecular weight is 332 g/mol. The predicted molar refractivity (Wildman–Crippen MR) is 85.1 cm³/mol. The minimum absolute atomic E-state index is 0.171. The van der Waals surface area contributed by atoms with Crippen molar-refractivity contribution in [3.05, 3.63) is 0 Å². The summed E-state index contributed by atoms with van der Waals surface area (Å²) in [7, 11) is -3.18. The van der Waals surface area contributed by atoms with Crippen molar-refractivity contribution in [3.63, 3.8) is 0 Å². The van der Waals surface area contributed by atoms with E-state index in [1.807, 2.05) is 0 Å². The number of halogens is 2. The van der Waals surface area contributed by atoms with Crippen LogP contribution in [0.25, 0.3) is 0 Å². The van der Waals surface area contributed by atoms with Crippen LogP contribution in [0.4, 0.5) is 0 Å². The Bertz CT molecular complexity index is 285. The van der Waals surface area contributed by atoms with Crippen LogP contribution in [-0.2, 0) is 4.43 Å². The largest absolute Gasteiger partial charge is 0.417 e. The van der Waals surface area contributed by atoms with Crippen LogP contribution in [0.1, 0.15) is 13.8 Å². The van der Waals surface area contributed by atoms with Gasteiger partial charge in [0.1, 0.15) is 0 Å². The third-order valence-corrected chi connectivity index (χ3v) is 77.8. The molecule has 2 unspecified atom stereocenters. The molecule has 1 heterocycles. The summed E-state index contributed by atoms with van der Waals surface area (Å²) in [6, 6.07) is 0. The van der Waals surface area contributed by atoms with Crippen molar-refractivity contribution >= 4 is 50.4 Å². The maximum Gasteiger partial charge on any atom is 0.190 e. The molecule has 1 rings (SSSR count). The molecule has 1 saturated heterocycles. The number of hydrogen-bond donors (Lipinski definition) is 0. The molecule has 0 spiro atoms. The fraction of sp³-hybridized carbons (Fsp3) is 1.00. The van der Waals surface area contributed by atoms with E-state index in [1.165, 1.54) is 0 Å². The molecule has 96 valence electrons. The molecule has 1 aliphatic heterocycles. The molecule has 1 aliphatic rings. The monoisotopic (exact) mass is 330 g/mol. The summed E-state index contributed by atoms with van der Waals surface area (Å²) in [5.41, 5.74) is 0. The summed E-state index contributed by atoms with van der Waals surface area (Å²) in [4.78, 5) is 0. The lowest BCUT2D eigenvalue weighted by Crippen LogP contribution is -2.88. The van der Waals surface area contributed by atoms with Crippen LogP contribution in [0.5, 0.6) is 0 Å². The first-order valence-corrected chi connectivity index (χ1v) is 21.7. The quantitative estimate of drug-likeness (QED) is 0.479. The van der Waals surface area contributed by atoms with Crippen molar-refractivity contribution in [1.29, 1.82) is 0 Å². The second-order valence-electron chi connectivity index (χ2n) is 6.75. The van der Waals surface area contributed by atoms with E-state index in [2.05, 4.69) is 53.1 Å². The summed E-state index contributed by atoms with van der Waals surface area (Å²) >= 11 is 14.1. The van der Waals surface area contributed by atoms with Crippen molar-refractivity contribution in [1.82, 2.24) is 0 Å². The molecule has 0 aromatic heterocycles. The van der Waals surface area contributed by atoms with E-state index in [9.17, 15) is 0 Å². The lowest BCUT2D eigenvalue weighted by molar-refractivity contribution is 0.186. The van der Waals surface area contributed by atoms with E-state index in [1.54, 1.807) is 0 Å². The van der Waals surface area contributed by atoms with Gasteiger partial charge in [-0.25, -0.2) is 0 Å². The van der Waals surface area contributed by atoms with Gasteiger partial charge in [-0.3, -0.25) is 0 Å². The number of hydrogen-bond acceptors (Lipinski definition) is 1. The molecular weight excluding hydrogens is 307 g/mol. The van der Waals surface area contributed by atoms with E-state index < -0.39 is 28.3 Å². The van der Waals surface area contributed by atoms with Gasteiger partial charge in [0, 0.05) is 0 Å². The van der Waals surface area contributed by atoms with Crippen molar-refractivity contribution in [2.24, 2.45) is 0 Å². The Hall–Kier alpha value is 1.41. The molecule has 0 aliphatic carbocycles. The first-order valence-electron chi connectivity index (χ1n) is 5.79. The van der Waals surface area contributed by atoms with Crippen LogP contribution in [0.15, 0.2) is 0 Å². The minimum atomic E-state index is -2.02. The SMILES string of the molecule is CC1(C)O[Si](C)(C)[Si](C)(C)[Si](C)(Cl)[Si]1(C)Cl. The van der Waals surface area contributed by atoms with Gasteiger partial charge in [0.2, 0.25) is 0 Å². The second-order valence-corrected chi connectivity index (χ2v) is 48.9. The van der Waals surface area contributed by atoms with Gasteiger partial charge in [-0.2, -0.15) is 22.2 Å². The van der Waals surface area contributed by atoms with Gasteiger partial charge in [-0.05, 0) is 26.9 Å². The van der Waals surface area contributed by atoms with Crippen LogP contribution < -0.4 is 0 Å². The molecule has 0 aromatic rings. The third kappa shape index (κ3) is 1.70. The predicted octanol–water partition coefficient (Wildman–Crippen LogP) is 4.11. The van der Waals surface area contributed by atoms with Crippen molar-refractivity contribution in [2.75, 3.05) is 0 Å². The van der Waals surface area contributed by atoms with E-state index in [4.69, 9.17) is 26.6 Å². The molecule has 0 N–H and O–H groups in total. The zero-order valence-electron chi connectivity index (χ0n) is 11.7. The topological polar surface area (TPSA) is 9.23 Å². The van der Waals surface area contributed by atoms with Gasteiger partial charge in [-0.1, -0.05) is 26.2 Å². The van der Waals surface area contributed by atoms with Crippen molar-refractivity contribution < 1.29 is 4.43 Å². The first kappa shape index (κ1) is 15.5. The van der Waals surface area contributed by atoms with Crippen molar-refractivity contribution in [2.45, 2.75) is 58.4 Å². The maximum absolute atomic E-state index is 7.11. The second kappa shape index (κ2) is 3.71. The molecule has 2 atom stereocenters. The highest BCUT2D eigenvalue weighted by Crippen LogP contribution is 2.51. The van der Waals surface area contributed by atoms with Crippen LogP contribution in [0, 0.1) is 0 Å². The summed E-state index contributed by atoms with van der Waals surface area (Å²) in [6.45, 7) is 16.4. The Morgan fingerprint density at radius 2 is 1.25 bits per heavy atom. The van der Waals surface area contributed by atoms with E-state index >= 15 is 0 Å². The Morgan fingerprint density at radius 1 is 0.875 bits per heavy atom. The van der Waals surface area contributed by atoms with E-state index in [0.717, 1.165) is 0 Å². The van der Waals surface area contributed by atoms with Crippen LogP contribution in [0.2, 0.25) is 39.3 Å². The van der Waals surface area contributed by atoms with E-state index in [-0.39, 0.29) is 5.22 Å². The summed E-state index contributed by atoms with van der Waals surface area (Å²) < 4.78 is 6.51. The molecule has 1 fully saturated rings. The Balaban J connectivity index is 3.43. The Kier molecular flexibility index (Phi) is 3.58. The number of rotatable bonds is 0. The molecule has 7 heteroatoms. The van der Waals surface area contributed by atoms with Gasteiger partial charge in [0.15, 0.2) is 21.2 Å². The molecule has 0 amide bonds. The summed E-state index contributed by atoms with van der Waals surface area (Å²) in [5, 5.41) is -0.171. The highest BCUT2D eigenvalue weighted by Gasteiger charge is 2.73.